The normalized spacial score (nSPS) is 11.6. The number of rotatable bonds is 2. The SMILES string of the molecule is CCOC(=O)c1cnc2ccc(=O)n3c4ccc(Cl)cc4c1c23. The maximum atomic E-state index is 12.3. The van der Waals surface area contributed by atoms with Gasteiger partial charge in [-0.05, 0) is 31.2 Å². The number of esters is 1. The van der Waals surface area contributed by atoms with Crippen molar-refractivity contribution in [2.45, 2.75) is 6.92 Å². The molecule has 0 N–H and O–H groups in total. The highest BCUT2D eigenvalue weighted by molar-refractivity contribution is 6.32. The fourth-order valence-electron chi connectivity index (χ4n) is 2.98. The van der Waals surface area contributed by atoms with Gasteiger partial charge >= 0.3 is 5.97 Å². The van der Waals surface area contributed by atoms with E-state index in [2.05, 4.69) is 4.98 Å². The van der Waals surface area contributed by atoms with Crippen molar-refractivity contribution < 1.29 is 9.53 Å². The van der Waals surface area contributed by atoms with E-state index in [1.54, 1.807) is 35.6 Å². The highest BCUT2D eigenvalue weighted by atomic mass is 35.5. The zero-order valence-corrected chi connectivity index (χ0v) is 12.9. The van der Waals surface area contributed by atoms with Crippen LogP contribution in [-0.4, -0.2) is 22.0 Å². The van der Waals surface area contributed by atoms with E-state index in [1.165, 1.54) is 12.3 Å². The van der Waals surface area contributed by atoms with E-state index in [9.17, 15) is 9.59 Å². The van der Waals surface area contributed by atoms with Gasteiger partial charge in [0, 0.05) is 28.1 Å². The van der Waals surface area contributed by atoms with Crippen molar-refractivity contribution in [2.24, 2.45) is 0 Å². The van der Waals surface area contributed by atoms with E-state index < -0.39 is 5.97 Å². The molecular formula is C17H11ClN2O3. The summed E-state index contributed by atoms with van der Waals surface area (Å²) in [6.07, 6.45) is 1.49. The Morgan fingerprint density at radius 3 is 2.91 bits per heavy atom. The molecule has 0 aliphatic carbocycles. The average molecular weight is 327 g/mol. The fraction of sp³-hybridized carbons (Fsp3) is 0.118. The molecule has 0 spiro atoms. The summed E-state index contributed by atoms with van der Waals surface area (Å²) in [6.45, 7) is 2.01. The van der Waals surface area contributed by atoms with E-state index in [4.69, 9.17) is 16.3 Å². The lowest BCUT2D eigenvalue weighted by atomic mass is 10.1. The van der Waals surface area contributed by atoms with Crippen molar-refractivity contribution in [1.82, 2.24) is 9.38 Å². The number of pyridine rings is 2. The Hall–Kier alpha value is -2.66. The van der Waals surface area contributed by atoms with Crippen molar-refractivity contribution in [3.05, 3.63) is 57.5 Å². The first kappa shape index (κ1) is 14.0. The summed E-state index contributed by atoms with van der Waals surface area (Å²) in [7, 11) is 0. The number of hydrogen-bond acceptors (Lipinski definition) is 4. The van der Waals surface area contributed by atoms with Crippen LogP contribution in [0, 0.1) is 0 Å². The number of halogens is 1. The Bertz CT molecular complexity index is 1130. The second-order valence-corrected chi connectivity index (χ2v) is 5.61. The third-order valence-corrected chi connectivity index (χ3v) is 4.11. The maximum Gasteiger partial charge on any atom is 0.340 e. The van der Waals surface area contributed by atoms with Crippen LogP contribution < -0.4 is 5.56 Å². The van der Waals surface area contributed by atoms with Crippen LogP contribution in [0.1, 0.15) is 17.3 Å². The van der Waals surface area contributed by atoms with Crippen molar-refractivity contribution in [1.29, 1.82) is 0 Å². The fourth-order valence-corrected chi connectivity index (χ4v) is 3.15. The molecule has 3 aromatic heterocycles. The molecule has 0 saturated carbocycles. The molecule has 4 rings (SSSR count). The van der Waals surface area contributed by atoms with E-state index in [0.29, 0.717) is 32.5 Å². The van der Waals surface area contributed by atoms with E-state index in [1.807, 2.05) is 0 Å². The molecule has 0 radical (unpaired) electrons. The van der Waals surface area contributed by atoms with Gasteiger partial charge in [0.25, 0.3) is 5.56 Å². The lowest BCUT2D eigenvalue weighted by molar-refractivity contribution is 0.0528. The number of hydrogen-bond donors (Lipinski definition) is 0. The summed E-state index contributed by atoms with van der Waals surface area (Å²) in [5, 5.41) is 1.91. The standard InChI is InChI=1S/C17H11ClN2O3/c1-2-23-17(22)11-8-19-12-4-6-14(21)20-13-5-3-9(18)7-10(13)15(11)16(12)20/h3-8H,2H2,1H3. The number of carbonyl (C=O) groups excluding carboxylic acids is 1. The van der Waals surface area contributed by atoms with Gasteiger partial charge in [0.1, 0.15) is 0 Å². The van der Waals surface area contributed by atoms with Crippen LogP contribution in [0.2, 0.25) is 5.02 Å². The third kappa shape index (κ3) is 1.90. The van der Waals surface area contributed by atoms with Crippen LogP contribution in [-0.2, 0) is 4.74 Å². The quantitative estimate of drug-likeness (QED) is 0.530. The number of ether oxygens (including phenoxy) is 1. The number of nitrogens with zero attached hydrogens (tertiary/aromatic N) is 2. The molecule has 6 heteroatoms. The maximum absolute atomic E-state index is 12.3. The van der Waals surface area contributed by atoms with Gasteiger partial charge in [-0.1, -0.05) is 11.6 Å². The molecule has 5 nitrogen and oxygen atoms in total. The molecule has 114 valence electrons. The molecule has 0 fully saturated rings. The average Bonchev–Trinajstić information content (AvgIpc) is 2.87. The van der Waals surface area contributed by atoms with Gasteiger partial charge in [-0.2, -0.15) is 0 Å². The first-order chi connectivity index (χ1) is 11.1. The molecule has 0 aliphatic heterocycles. The van der Waals surface area contributed by atoms with Gasteiger partial charge in [-0.3, -0.25) is 14.2 Å². The largest absolute Gasteiger partial charge is 0.462 e. The topological polar surface area (TPSA) is 60.7 Å². The Morgan fingerprint density at radius 1 is 1.30 bits per heavy atom. The summed E-state index contributed by atoms with van der Waals surface area (Å²) < 4.78 is 6.68. The Kier molecular flexibility index (Phi) is 2.99. The van der Waals surface area contributed by atoms with Gasteiger partial charge in [-0.25, -0.2) is 4.79 Å². The summed E-state index contributed by atoms with van der Waals surface area (Å²) in [5.74, 6) is -0.465. The molecule has 0 unspecified atom stereocenters. The van der Waals surface area contributed by atoms with Gasteiger partial charge in [0.15, 0.2) is 0 Å². The molecule has 23 heavy (non-hydrogen) atoms. The number of carbonyl (C=O) groups is 1. The zero-order valence-electron chi connectivity index (χ0n) is 12.2. The lowest BCUT2D eigenvalue weighted by Crippen LogP contribution is -2.11. The van der Waals surface area contributed by atoms with Crippen LogP contribution in [0.25, 0.3) is 27.3 Å². The Labute approximate surface area is 135 Å². The molecule has 3 heterocycles. The minimum atomic E-state index is -0.465. The van der Waals surface area contributed by atoms with Gasteiger partial charge in [-0.15, -0.1) is 0 Å². The number of benzene rings is 1. The molecule has 0 bridgehead atoms. The molecule has 0 saturated heterocycles. The highest BCUT2D eigenvalue weighted by Crippen LogP contribution is 2.34. The second kappa shape index (κ2) is 4.93. The molecule has 0 atom stereocenters. The molecule has 0 aliphatic rings. The van der Waals surface area contributed by atoms with Crippen molar-refractivity contribution in [2.75, 3.05) is 6.61 Å². The van der Waals surface area contributed by atoms with Crippen LogP contribution in [0.3, 0.4) is 0 Å². The van der Waals surface area contributed by atoms with E-state index >= 15 is 0 Å². The summed E-state index contributed by atoms with van der Waals surface area (Å²) >= 11 is 6.11. The van der Waals surface area contributed by atoms with Crippen LogP contribution in [0.4, 0.5) is 0 Å². The van der Waals surface area contributed by atoms with Crippen molar-refractivity contribution in [3.8, 4) is 0 Å². The minimum absolute atomic E-state index is 0.178. The van der Waals surface area contributed by atoms with Crippen molar-refractivity contribution in [3.63, 3.8) is 0 Å². The van der Waals surface area contributed by atoms with Crippen LogP contribution >= 0.6 is 11.6 Å². The van der Waals surface area contributed by atoms with E-state index in [-0.39, 0.29) is 12.2 Å². The predicted molar refractivity (Wildman–Crippen MR) is 88.6 cm³/mol. The first-order valence-corrected chi connectivity index (χ1v) is 7.52. The molecule has 4 aromatic rings. The Balaban J connectivity index is 2.30. The third-order valence-electron chi connectivity index (χ3n) is 3.87. The van der Waals surface area contributed by atoms with Crippen molar-refractivity contribution >= 4 is 44.9 Å². The molecular weight excluding hydrogens is 316 g/mol. The summed E-state index contributed by atoms with van der Waals surface area (Å²) in [5.41, 5.74) is 2.10. The van der Waals surface area contributed by atoms with E-state index in [0.717, 1.165) is 5.39 Å². The number of aromatic nitrogens is 2. The minimum Gasteiger partial charge on any atom is -0.462 e. The summed E-state index contributed by atoms with van der Waals surface area (Å²) in [6, 6.07) is 8.36. The summed E-state index contributed by atoms with van der Waals surface area (Å²) in [4.78, 5) is 28.9. The van der Waals surface area contributed by atoms with Gasteiger partial charge in [0.2, 0.25) is 0 Å². The van der Waals surface area contributed by atoms with Crippen LogP contribution in [0.15, 0.2) is 41.3 Å². The predicted octanol–water partition coefficient (Wildman–Crippen LogP) is 3.27. The van der Waals surface area contributed by atoms with Crippen LogP contribution in [0.5, 0.6) is 0 Å². The Morgan fingerprint density at radius 2 is 2.13 bits per heavy atom. The zero-order chi connectivity index (χ0) is 16.1. The van der Waals surface area contributed by atoms with Gasteiger partial charge in [0.05, 0.1) is 28.7 Å². The molecule has 0 amide bonds. The monoisotopic (exact) mass is 326 g/mol. The first-order valence-electron chi connectivity index (χ1n) is 7.14. The smallest absolute Gasteiger partial charge is 0.340 e. The molecule has 1 aromatic carbocycles. The highest BCUT2D eigenvalue weighted by Gasteiger charge is 2.21. The lowest BCUT2D eigenvalue weighted by Gasteiger charge is -2.05. The second-order valence-electron chi connectivity index (χ2n) is 5.17. The number of fused-ring (bicyclic) bond motifs is 3. The van der Waals surface area contributed by atoms with Gasteiger partial charge < -0.3 is 4.74 Å².